The molecular formula is C19H17NO4S2. The molecule has 1 aromatic heterocycles. The van der Waals surface area contributed by atoms with Crippen LogP contribution >= 0.6 is 11.3 Å². The number of carboxylic acids is 1. The summed E-state index contributed by atoms with van der Waals surface area (Å²) in [6, 6.07) is 14.4. The number of rotatable bonds is 6. The normalized spacial score (nSPS) is 11.3. The second kappa shape index (κ2) is 7.31. The van der Waals surface area contributed by atoms with Crippen LogP contribution in [0.5, 0.6) is 0 Å². The van der Waals surface area contributed by atoms with Gasteiger partial charge in [0, 0.05) is 0 Å². The fourth-order valence-electron chi connectivity index (χ4n) is 2.47. The van der Waals surface area contributed by atoms with Gasteiger partial charge in [0.05, 0.1) is 22.7 Å². The Hall–Kier alpha value is -2.64. The summed E-state index contributed by atoms with van der Waals surface area (Å²) < 4.78 is 27.7. The highest BCUT2D eigenvalue weighted by Crippen LogP contribution is 2.27. The largest absolute Gasteiger partial charge is 0.478 e. The lowest BCUT2D eigenvalue weighted by atomic mass is 10.2. The first-order chi connectivity index (χ1) is 12.4. The quantitative estimate of drug-likeness (QED) is 0.689. The predicted octanol–water partition coefficient (Wildman–Crippen LogP) is 4.15. The molecule has 0 spiro atoms. The van der Waals surface area contributed by atoms with E-state index in [-0.39, 0.29) is 17.0 Å². The van der Waals surface area contributed by atoms with Crippen LogP contribution in [0.25, 0.3) is 0 Å². The third-order valence-corrected chi connectivity index (χ3v) is 6.44. The molecule has 0 aliphatic heterocycles. The molecule has 7 heteroatoms. The number of carboxylic acid groups (broad SMARTS) is 1. The fraction of sp³-hybridized carbons (Fsp3) is 0.105. The zero-order valence-corrected chi connectivity index (χ0v) is 15.6. The molecule has 1 N–H and O–H groups in total. The van der Waals surface area contributed by atoms with Crippen LogP contribution in [0.1, 0.15) is 21.5 Å². The van der Waals surface area contributed by atoms with Gasteiger partial charge in [0.25, 0.3) is 10.0 Å². The standard InChI is InChI=1S/C19H17NO4S2/c1-14-2-8-18(9-3-14)26(23,24)20(12-15-10-11-25-13-15)17-6-4-16(5-7-17)19(21)22/h2-11,13H,12H2,1H3,(H,21,22). The molecule has 26 heavy (non-hydrogen) atoms. The number of thiophene rings is 1. The number of aromatic carboxylic acids is 1. The average molecular weight is 387 g/mol. The molecule has 0 amide bonds. The van der Waals surface area contributed by atoms with Crippen LogP contribution in [-0.4, -0.2) is 19.5 Å². The highest BCUT2D eigenvalue weighted by molar-refractivity contribution is 7.92. The summed E-state index contributed by atoms with van der Waals surface area (Å²) in [4.78, 5) is 11.3. The van der Waals surface area contributed by atoms with Gasteiger partial charge in [-0.2, -0.15) is 11.3 Å². The van der Waals surface area contributed by atoms with Crippen molar-refractivity contribution in [3.8, 4) is 0 Å². The van der Waals surface area contributed by atoms with E-state index in [0.717, 1.165) is 11.1 Å². The van der Waals surface area contributed by atoms with Crippen molar-refractivity contribution >= 4 is 33.0 Å². The number of nitrogens with zero attached hydrogens (tertiary/aromatic N) is 1. The van der Waals surface area contributed by atoms with Gasteiger partial charge in [0.2, 0.25) is 0 Å². The van der Waals surface area contributed by atoms with E-state index in [4.69, 9.17) is 5.11 Å². The summed E-state index contributed by atoms with van der Waals surface area (Å²) in [7, 11) is -3.79. The van der Waals surface area contributed by atoms with Gasteiger partial charge in [0.1, 0.15) is 0 Å². The van der Waals surface area contributed by atoms with E-state index in [2.05, 4.69) is 0 Å². The summed E-state index contributed by atoms with van der Waals surface area (Å²) in [5, 5.41) is 12.8. The van der Waals surface area contributed by atoms with Gasteiger partial charge in [-0.15, -0.1) is 0 Å². The molecule has 0 atom stereocenters. The molecule has 5 nitrogen and oxygen atoms in total. The molecule has 0 bridgehead atoms. The van der Waals surface area contributed by atoms with Crippen molar-refractivity contribution in [3.05, 3.63) is 82.0 Å². The van der Waals surface area contributed by atoms with Crippen LogP contribution in [-0.2, 0) is 16.6 Å². The zero-order valence-electron chi connectivity index (χ0n) is 14.0. The summed E-state index contributed by atoms with van der Waals surface area (Å²) in [5.41, 5.74) is 2.37. The van der Waals surface area contributed by atoms with Gasteiger partial charge in [-0.1, -0.05) is 17.7 Å². The number of anilines is 1. The van der Waals surface area contributed by atoms with E-state index in [1.165, 1.54) is 39.9 Å². The van der Waals surface area contributed by atoms with E-state index in [9.17, 15) is 13.2 Å². The van der Waals surface area contributed by atoms with Crippen LogP contribution < -0.4 is 4.31 Å². The lowest BCUT2D eigenvalue weighted by Gasteiger charge is -2.24. The average Bonchev–Trinajstić information content (AvgIpc) is 3.13. The van der Waals surface area contributed by atoms with Crippen molar-refractivity contribution in [1.29, 1.82) is 0 Å². The molecule has 0 saturated heterocycles. The van der Waals surface area contributed by atoms with Crippen molar-refractivity contribution in [3.63, 3.8) is 0 Å². The van der Waals surface area contributed by atoms with Crippen molar-refractivity contribution < 1.29 is 18.3 Å². The highest BCUT2D eigenvalue weighted by atomic mass is 32.2. The Balaban J connectivity index is 2.05. The lowest BCUT2D eigenvalue weighted by molar-refractivity contribution is 0.0697. The SMILES string of the molecule is Cc1ccc(S(=O)(=O)N(Cc2ccsc2)c2ccc(C(=O)O)cc2)cc1. The molecule has 3 aromatic rings. The van der Waals surface area contributed by atoms with Crippen LogP contribution in [0.4, 0.5) is 5.69 Å². The maximum absolute atomic E-state index is 13.2. The minimum Gasteiger partial charge on any atom is -0.478 e. The van der Waals surface area contributed by atoms with Gasteiger partial charge >= 0.3 is 5.97 Å². The number of hydrogen-bond acceptors (Lipinski definition) is 4. The molecule has 0 unspecified atom stereocenters. The van der Waals surface area contributed by atoms with Crippen molar-refractivity contribution in [2.45, 2.75) is 18.4 Å². The number of aryl methyl sites for hydroxylation is 1. The first-order valence-electron chi connectivity index (χ1n) is 7.82. The van der Waals surface area contributed by atoms with E-state index in [1.54, 1.807) is 24.3 Å². The zero-order chi connectivity index (χ0) is 18.7. The molecule has 0 aliphatic carbocycles. The van der Waals surface area contributed by atoms with E-state index < -0.39 is 16.0 Å². The van der Waals surface area contributed by atoms with E-state index in [1.807, 2.05) is 23.8 Å². The van der Waals surface area contributed by atoms with Crippen LogP contribution in [0.2, 0.25) is 0 Å². The number of sulfonamides is 1. The third kappa shape index (κ3) is 3.79. The molecular weight excluding hydrogens is 370 g/mol. The molecule has 0 radical (unpaired) electrons. The maximum Gasteiger partial charge on any atom is 0.335 e. The monoisotopic (exact) mass is 387 g/mol. The summed E-state index contributed by atoms with van der Waals surface area (Å²) in [6.45, 7) is 2.07. The summed E-state index contributed by atoms with van der Waals surface area (Å²) >= 11 is 1.49. The highest BCUT2D eigenvalue weighted by Gasteiger charge is 2.25. The number of carbonyl (C=O) groups is 1. The van der Waals surface area contributed by atoms with Gasteiger partial charge < -0.3 is 5.11 Å². The Labute approximate surface area is 156 Å². The van der Waals surface area contributed by atoms with Crippen LogP contribution in [0.3, 0.4) is 0 Å². The van der Waals surface area contributed by atoms with Crippen LogP contribution in [0.15, 0.2) is 70.3 Å². The Morgan fingerprint density at radius 2 is 1.69 bits per heavy atom. The topological polar surface area (TPSA) is 74.7 Å². The third-order valence-electron chi connectivity index (χ3n) is 3.92. The molecule has 134 valence electrons. The molecule has 3 rings (SSSR count). The second-order valence-electron chi connectivity index (χ2n) is 5.81. The first-order valence-corrected chi connectivity index (χ1v) is 10.2. The second-order valence-corrected chi connectivity index (χ2v) is 8.45. The molecule has 0 aliphatic rings. The molecule has 2 aromatic carbocycles. The Morgan fingerprint density at radius 3 is 2.23 bits per heavy atom. The van der Waals surface area contributed by atoms with E-state index in [0.29, 0.717) is 5.69 Å². The minimum atomic E-state index is -3.79. The van der Waals surface area contributed by atoms with Crippen molar-refractivity contribution in [2.24, 2.45) is 0 Å². The molecule has 1 heterocycles. The van der Waals surface area contributed by atoms with E-state index >= 15 is 0 Å². The molecule has 0 fully saturated rings. The lowest BCUT2D eigenvalue weighted by Crippen LogP contribution is -2.30. The van der Waals surface area contributed by atoms with Gasteiger partial charge in [-0.3, -0.25) is 4.31 Å². The van der Waals surface area contributed by atoms with Gasteiger partial charge in [0.15, 0.2) is 0 Å². The Morgan fingerprint density at radius 1 is 1.04 bits per heavy atom. The number of benzene rings is 2. The Bertz CT molecular complexity index is 993. The van der Waals surface area contributed by atoms with Gasteiger partial charge in [-0.25, -0.2) is 13.2 Å². The predicted molar refractivity (Wildman–Crippen MR) is 102 cm³/mol. The Kier molecular flexibility index (Phi) is 5.11. The summed E-state index contributed by atoms with van der Waals surface area (Å²) in [5.74, 6) is -1.05. The smallest absolute Gasteiger partial charge is 0.335 e. The molecule has 0 saturated carbocycles. The van der Waals surface area contributed by atoms with Gasteiger partial charge in [-0.05, 0) is 65.7 Å². The fourth-order valence-corrected chi connectivity index (χ4v) is 4.58. The summed E-state index contributed by atoms with van der Waals surface area (Å²) in [6.07, 6.45) is 0. The van der Waals surface area contributed by atoms with Crippen LogP contribution in [0, 0.1) is 6.92 Å². The number of hydrogen-bond donors (Lipinski definition) is 1. The first kappa shape index (κ1) is 18.2. The maximum atomic E-state index is 13.2. The van der Waals surface area contributed by atoms with Crippen molar-refractivity contribution in [1.82, 2.24) is 0 Å². The minimum absolute atomic E-state index is 0.108. The van der Waals surface area contributed by atoms with Crippen molar-refractivity contribution in [2.75, 3.05) is 4.31 Å².